The van der Waals surface area contributed by atoms with Crippen LogP contribution in [-0.2, 0) is 16.1 Å². The predicted molar refractivity (Wildman–Crippen MR) is 149 cm³/mol. The van der Waals surface area contributed by atoms with E-state index in [-0.39, 0.29) is 11.7 Å². The van der Waals surface area contributed by atoms with Crippen LogP contribution in [0.1, 0.15) is 41.0 Å². The minimum atomic E-state index is -0.356. The van der Waals surface area contributed by atoms with E-state index >= 15 is 0 Å². The highest BCUT2D eigenvalue weighted by Gasteiger charge is 2.16. The van der Waals surface area contributed by atoms with E-state index in [1.165, 1.54) is 11.9 Å². The van der Waals surface area contributed by atoms with Gasteiger partial charge in [-0.2, -0.15) is 5.26 Å². The lowest BCUT2D eigenvalue weighted by Gasteiger charge is -2.26. The maximum absolute atomic E-state index is 11.2. The van der Waals surface area contributed by atoms with Crippen molar-refractivity contribution in [3.8, 4) is 17.9 Å². The zero-order chi connectivity index (χ0) is 27.0. The number of hydrogen-bond acceptors (Lipinski definition) is 7. The molecule has 198 valence electrons. The Hall–Kier alpha value is -3.95. The molecule has 3 N–H and O–H groups in total. The zero-order valence-electron chi connectivity index (χ0n) is 21.8. The fraction of sp³-hybridized carbons (Fsp3) is 0.367. The summed E-state index contributed by atoms with van der Waals surface area (Å²) in [6.45, 7) is 5.58. The van der Waals surface area contributed by atoms with Crippen LogP contribution in [0.5, 0.6) is 0 Å². The molecule has 1 heterocycles. The van der Waals surface area contributed by atoms with Crippen molar-refractivity contribution in [3.05, 3.63) is 82.2 Å². The summed E-state index contributed by atoms with van der Waals surface area (Å²) >= 11 is 0. The van der Waals surface area contributed by atoms with Gasteiger partial charge in [0.25, 0.3) is 0 Å². The average Bonchev–Trinajstić information content (AvgIpc) is 2.96. The van der Waals surface area contributed by atoms with Gasteiger partial charge in [0.05, 0.1) is 31.3 Å². The van der Waals surface area contributed by atoms with Gasteiger partial charge in [0.2, 0.25) is 0 Å². The number of ether oxygens (including phenoxy) is 1. The summed E-state index contributed by atoms with van der Waals surface area (Å²) in [5.41, 5.74) is 4.54. The number of allylic oxidation sites excluding steroid dienone is 2. The molecule has 1 unspecified atom stereocenters. The topological polar surface area (TPSA) is 110 Å². The third-order valence-electron chi connectivity index (χ3n) is 6.24. The van der Waals surface area contributed by atoms with Crippen LogP contribution in [-0.4, -0.2) is 69.1 Å². The van der Waals surface area contributed by atoms with Crippen LogP contribution in [0.15, 0.2) is 65.0 Å². The lowest BCUT2D eigenvalue weighted by atomic mass is 9.92. The van der Waals surface area contributed by atoms with Crippen molar-refractivity contribution in [2.75, 3.05) is 46.4 Å². The van der Waals surface area contributed by atoms with E-state index in [1.54, 1.807) is 7.05 Å². The van der Waals surface area contributed by atoms with Gasteiger partial charge in [0.1, 0.15) is 0 Å². The lowest BCUT2D eigenvalue weighted by Crippen LogP contribution is -2.35. The smallest absolute Gasteiger partial charge is 0.186 e. The molecule has 1 saturated heterocycles. The monoisotopic (exact) mass is 513 g/mol. The predicted octanol–water partition coefficient (Wildman–Crippen LogP) is 3.11. The van der Waals surface area contributed by atoms with E-state index in [9.17, 15) is 9.90 Å². The fourth-order valence-electron chi connectivity index (χ4n) is 4.12. The van der Waals surface area contributed by atoms with Crippen LogP contribution in [0.25, 0.3) is 0 Å². The quantitative estimate of drug-likeness (QED) is 0.0761. The molecule has 0 saturated carbocycles. The van der Waals surface area contributed by atoms with E-state index in [2.05, 4.69) is 62.7 Å². The number of rotatable bonds is 12. The fourth-order valence-corrected chi connectivity index (χ4v) is 4.12. The summed E-state index contributed by atoms with van der Waals surface area (Å²) in [6.07, 6.45) is 2.64. The van der Waals surface area contributed by atoms with Gasteiger partial charge in [0.15, 0.2) is 12.0 Å². The van der Waals surface area contributed by atoms with Crippen molar-refractivity contribution in [1.82, 2.24) is 15.5 Å². The summed E-state index contributed by atoms with van der Waals surface area (Å²) in [7, 11) is 1.60. The molecule has 1 fully saturated rings. The van der Waals surface area contributed by atoms with Crippen LogP contribution >= 0.6 is 0 Å². The Morgan fingerprint density at radius 3 is 2.39 bits per heavy atom. The molecule has 8 heteroatoms. The first-order valence-electron chi connectivity index (χ1n) is 12.8. The highest BCUT2D eigenvalue weighted by atomic mass is 16.5. The molecule has 1 atom stereocenters. The molecule has 0 aliphatic carbocycles. The van der Waals surface area contributed by atoms with Gasteiger partial charge >= 0.3 is 0 Å². The maximum Gasteiger partial charge on any atom is 0.186 e. The van der Waals surface area contributed by atoms with Crippen molar-refractivity contribution < 1.29 is 14.6 Å². The largest absolute Gasteiger partial charge is 0.503 e. The molecule has 2 aromatic carbocycles. The third kappa shape index (κ3) is 9.49. The van der Waals surface area contributed by atoms with Gasteiger partial charge in [0, 0.05) is 63.2 Å². The third-order valence-corrected chi connectivity index (χ3v) is 6.24. The van der Waals surface area contributed by atoms with Crippen molar-refractivity contribution in [1.29, 1.82) is 5.26 Å². The minimum absolute atomic E-state index is 0.0513. The second kappa shape index (κ2) is 16.0. The van der Waals surface area contributed by atoms with Crippen molar-refractivity contribution in [2.24, 2.45) is 4.99 Å². The molecule has 0 aromatic heterocycles. The molecular formula is C30H35N5O3. The molecule has 38 heavy (non-hydrogen) atoms. The zero-order valence-corrected chi connectivity index (χ0v) is 21.8. The average molecular weight is 514 g/mol. The number of aliphatic imine (C=N–C) groups is 1. The minimum Gasteiger partial charge on any atom is -0.503 e. The molecule has 1 aliphatic rings. The summed E-state index contributed by atoms with van der Waals surface area (Å²) in [5, 5.41) is 25.1. The molecule has 3 rings (SSSR count). The van der Waals surface area contributed by atoms with E-state index in [4.69, 9.17) is 10.00 Å². The number of benzene rings is 2. The van der Waals surface area contributed by atoms with Gasteiger partial charge in [-0.1, -0.05) is 36.1 Å². The number of morpholine rings is 1. The maximum atomic E-state index is 11.2. The molecule has 1 aliphatic heterocycles. The van der Waals surface area contributed by atoms with Crippen molar-refractivity contribution in [2.45, 2.75) is 25.3 Å². The first-order valence-corrected chi connectivity index (χ1v) is 12.8. The van der Waals surface area contributed by atoms with Gasteiger partial charge in [-0.25, -0.2) is 0 Å². The number of aldehydes is 1. The molecular weight excluding hydrogens is 478 g/mol. The van der Waals surface area contributed by atoms with Crippen LogP contribution in [0.3, 0.4) is 0 Å². The molecule has 0 amide bonds. The van der Waals surface area contributed by atoms with Crippen LogP contribution in [0, 0.1) is 23.2 Å². The lowest BCUT2D eigenvalue weighted by molar-refractivity contribution is -0.107. The molecule has 2 aromatic rings. The second-order valence-corrected chi connectivity index (χ2v) is 8.98. The Labute approximate surface area is 225 Å². The Bertz CT molecular complexity index is 1180. The number of carbonyl (C=O) groups excluding carboxylic acids is 1. The van der Waals surface area contributed by atoms with Gasteiger partial charge in [-0.05, 0) is 41.8 Å². The van der Waals surface area contributed by atoms with Crippen molar-refractivity contribution in [3.63, 3.8) is 0 Å². The summed E-state index contributed by atoms with van der Waals surface area (Å²) < 4.78 is 5.42. The Morgan fingerprint density at radius 1 is 1.13 bits per heavy atom. The second-order valence-electron chi connectivity index (χ2n) is 8.98. The highest BCUT2D eigenvalue weighted by molar-refractivity contribution is 5.72. The van der Waals surface area contributed by atoms with Crippen LogP contribution < -0.4 is 10.6 Å². The number of aliphatic hydroxyl groups is 1. The van der Waals surface area contributed by atoms with E-state index in [0.717, 1.165) is 49.5 Å². The van der Waals surface area contributed by atoms with Crippen LogP contribution in [0.2, 0.25) is 0 Å². The number of hydrogen-bond donors (Lipinski definition) is 3. The van der Waals surface area contributed by atoms with Crippen LogP contribution in [0.4, 0.5) is 0 Å². The van der Waals surface area contributed by atoms with Gasteiger partial charge in [-0.3, -0.25) is 14.7 Å². The molecule has 0 bridgehead atoms. The summed E-state index contributed by atoms with van der Waals surface area (Å²) in [5.74, 6) is 6.06. The number of nitriles is 1. The summed E-state index contributed by atoms with van der Waals surface area (Å²) in [6, 6.07) is 18.5. The summed E-state index contributed by atoms with van der Waals surface area (Å²) in [4.78, 5) is 17.5. The van der Waals surface area contributed by atoms with E-state index in [0.29, 0.717) is 37.9 Å². The molecule has 8 nitrogen and oxygen atoms in total. The first kappa shape index (κ1) is 28.6. The van der Waals surface area contributed by atoms with Gasteiger partial charge in [-0.15, -0.1) is 0 Å². The van der Waals surface area contributed by atoms with Gasteiger partial charge < -0.3 is 20.5 Å². The first-order chi connectivity index (χ1) is 18.6. The Morgan fingerprint density at radius 2 is 1.79 bits per heavy atom. The SMILES string of the molecule is CN=CN/C(CC(CNCCC#N)c1ccc(C#Cc2ccc(CN3CCOCC3)cc2)cc1)=C(/O)C=O. The Balaban J connectivity index is 1.68. The molecule has 0 spiro atoms. The van der Waals surface area contributed by atoms with Crippen molar-refractivity contribution >= 4 is 12.6 Å². The normalized spacial score (nSPS) is 15.2. The van der Waals surface area contributed by atoms with E-state index < -0.39 is 0 Å². The molecule has 0 radical (unpaired) electrons. The Kier molecular flexibility index (Phi) is 12.1. The number of nitrogens with zero attached hydrogens (tertiary/aromatic N) is 3. The number of aliphatic hydroxyl groups excluding tert-OH is 1. The van der Waals surface area contributed by atoms with E-state index in [1.807, 2.05) is 24.3 Å². The standard InChI is InChI=1S/C30H35N5O3/c1-32-23-34-29(30(37)22-36)19-28(20-33-14-2-13-31)27-11-9-25(10-12-27)4-3-24-5-7-26(8-6-24)21-35-15-17-38-18-16-35/h5-12,22-23,28,33,37H,2,14-21H2,1H3,(H,32,34)/b30-29+. The number of carbonyl (C=O) groups is 1. The highest BCUT2D eigenvalue weighted by Crippen LogP contribution is 2.24. The number of nitrogens with one attached hydrogen (secondary N) is 2.